The first-order valence-electron chi connectivity index (χ1n) is 7.50. The third-order valence-corrected chi connectivity index (χ3v) is 3.89. The van der Waals surface area contributed by atoms with Crippen LogP contribution in [0.25, 0.3) is 0 Å². The van der Waals surface area contributed by atoms with Crippen molar-refractivity contribution in [3.63, 3.8) is 0 Å². The molecule has 1 aliphatic rings. The molecule has 5 heteroatoms. The number of nitrogens with two attached hydrogens (primary N) is 1. The topological polar surface area (TPSA) is 56.3 Å². The van der Waals surface area contributed by atoms with Crippen molar-refractivity contribution >= 4 is 0 Å². The summed E-state index contributed by atoms with van der Waals surface area (Å²) in [5, 5.41) is 0. The van der Waals surface area contributed by atoms with Crippen molar-refractivity contribution < 1.29 is 4.74 Å². The fourth-order valence-electron chi connectivity index (χ4n) is 2.70. The van der Waals surface area contributed by atoms with E-state index in [2.05, 4.69) is 20.6 Å². The summed E-state index contributed by atoms with van der Waals surface area (Å²) >= 11 is 0. The molecule has 0 radical (unpaired) electrons. The van der Waals surface area contributed by atoms with E-state index < -0.39 is 0 Å². The van der Waals surface area contributed by atoms with Gasteiger partial charge in [0.25, 0.3) is 0 Å². The first-order valence-corrected chi connectivity index (χ1v) is 7.50. The summed E-state index contributed by atoms with van der Waals surface area (Å²) in [5.74, 6) is 2.07. The van der Waals surface area contributed by atoms with Crippen molar-refractivity contribution in [2.24, 2.45) is 5.73 Å². The third-order valence-electron chi connectivity index (χ3n) is 3.89. The number of hydrogen-bond donors (Lipinski definition) is 1. The van der Waals surface area contributed by atoms with Crippen molar-refractivity contribution in [1.29, 1.82) is 0 Å². The Morgan fingerprint density at radius 1 is 1.24 bits per heavy atom. The molecular formula is C16H22N4O. The highest BCUT2D eigenvalue weighted by Crippen LogP contribution is 2.17. The summed E-state index contributed by atoms with van der Waals surface area (Å²) in [4.78, 5) is 6.81. The van der Waals surface area contributed by atoms with Crippen LogP contribution >= 0.6 is 0 Å². The van der Waals surface area contributed by atoms with Gasteiger partial charge in [-0.2, -0.15) is 0 Å². The van der Waals surface area contributed by atoms with Crippen LogP contribution in [0.3, 0.4) is 0 Å². The van der Waals surface area contributed by atoms with Crippen molar-refractivity contribution in [3.8, 4) is 5.75 Å². The predicted octanol–water partition coefficient (Wildman–Crippen LogP) is 1.63. The molecular weight excluding hydrogens is 264 g/mol. The maximum Gasteiger partial charge on any atom is 0.123 e. The molecule has 3 rings (SSSR count). The van der Waals surface area contributed by atoms with Crippen LogP contribution in [0.15, 0.2) is 36.7 Å². The van der Waals surface area contributed by atoms with Crippen LogP contribution in [-0.4, -0.2) is 34.1 Å². The van der Waals surface area contributed by atoms with Gasteiger partial charge in [-0.1, -0.05) is 18.2 Å². The van der Waals surface area contributed by atoms with E-state index in [0.29, 0.717) is 6.54 Å². The van der Waals surface area contributed by atoms with E-state index in [4.69, 9.17) is 10.5 Å². The van der Waals surface area contributed by atoms with E-state index in [1.807, 2.05) is 30.5 Å². The van der Waals surface area contributed by atoms with Gasteiger partial charge in [0.2, 0.25) is 0 Å². The average Bonchev–Trinajstić information content (AvgIpc) is 2.99. The number of hydrogen-bond acceptors (Lipinski definition) is 4. The molecule has 0 unspecified atom stereocenters. The zero-order valence-electron chi connectivity index (χ0n) is 12.2. The number of benzene rings is 1. The molecule has 0 atom stereocenters. The minimum atomic E-state index is 0.519. The lowest BCUT2D eigenvalue weighted by atomic mass is 10.2. The van der Waals surface area contributed by atoms with Gasteiger partial charge in [0.15, 0.2) is 0 Å². The highest BCUT2D eigenvalue weighted by Gasteiger charge is 2.15. The quantitative estimate of drug-likeness (QED) is 0.820. The smallest absolute Gasteiger partial charge is 0.123 e. The van der Waals surface area contributed by atoms with Crippen LogP contribution in [0, 0.1) is 0 Å². The fraction of sp³-hybridized carbons (Fsp3) is 0.438. The third kappa shape index (κ3) is 3.43. The summed E-state index contributed by atoms with van der Waals surface area (Å²) in [6.07, 6.45) is 4.95. The van der Waals surface area contributed by atoms with E-state index in [1.165, 1.54) is 0 Å². The molecule has 0 saturated heterocycles. The Morgan fingerprint density at radius 3 is 3.05 bits per heavy atom. The maximum absolute atomic E-state index is 5.85. The van der Waals surface area contributed by atoms with E-state index in [1.54, 1.807) is 0 Å². The van der Waals surface area contributed by atoms with Crippen molar-refractivity contribution in [1.82, 2.24) is 14.5 Å². The second-order valence-electron chi connectivity index (χ2n) is 5.33. The maximum atomic E-state index is 5.85. The van der Waals surface area contributed by atoms with Gasteiger partial charge in [-0.25, -0.2) is 4.98 Å². The number of para-hydroxylation sites is 1. The number of ether oxygens (including phenoxy) is 1. The van der Waals surface area contributed by atoms with Crippen LogP contribution < -0.4 is 10.5 Å². The molecule has 2 N–H and O–H groups in total. The van der Waals surface area contributed by atoms with Gasteiger partial charge in [0, 0.05) is 44.1 Å². The summed E-state index contributed by atoms with van der Waals surface area (Å²) < 4.78 is 8.07. The second-order valence-corrected chi connectivity index (χ2v) is 5.33. The van der Waals surface area contributed by atoms with E-state index in [9.17, 15) is 0 Å². The van der Waals surface area contributed by atoms with Gasteiger partial charge in [-0.15, -0.1) is 0 Å². The molecule has 1 aliphatic heterocycles. The molecule has 0 aliphatic carbocycles. The molecule has 0 saturated carbocycles. The summed E-state index contributed by atoms with van der Waals surface area (Å²) in [6.45, 7) is 5.34. The molecule has 112 valence electrons. The van der Waals surface area contributed by atoms with Gasteiger partial charge < -0.3 is 15.0 Å². The molecule has 0 amide bonds. The number of rotatable bonds is 6. The van der Waals surface area contributed by atoms with Crippen LogP contribution in [0.5, 0.6) is 5.75 Å². The number of nitrogens with zero attached hydrogens (tertiary/aromatic N) is 3. The molecule has 1 aromatic carbocycles. The van der Waals surface area contributed by atoms with E-state index >= 15 is 0 Å². The zero-order valence-corrected chi connectivity index (χ0v) is 12.2. The Kier molecular flexibility index (Phi) is 4.52. The lowest BCUT2D eigenvalue weighted by Gasteiger charge is -2.27. The zero-order chi connectivity index (χ0) is 14.5. The van der Waals surface area contributed by atoms with Crippen LogP contribution in [0.2, 0.25) is 0 Å². The highest BCUT2D eigenvalue weighted by molar-refractivity contribution is 5.32. The van der Waals surface area contributed by atoms with Crippen LogP contribution in [0.1, 0.15) is 17.8 Å². The molecule has 2 aromatic rings. The standard InChI is InChI=1S/C16H22N4O/c17-12-14-4-1-2-5-15(14)21-11-3-7-19-9-10-20-8-6-18-16(20)13-19/h1-2,4-6,8H,3,7,9-13,17H2. The average molecular weight is 286 g/mol. The number of imidazole rings is 1. The fourth-order valence-corrected chi connectivity index (χ4v) is 2.70. The first-order chi connectivity index (χ1) is 10.4. The summed E-state index contributed by atoms with van der Waals surface area (Å²) in [5.41, 5.74) is 6.78. The lowest BCUT2D eigenvalue weighted by Crippen LogP contribution is -2.34. The van der Waals surface area contributed by atoms with Gasteiger partial charge in [0.1, 0.15) is 11.6 Å². The van der Waals surface area contributed by atoms with Crippen molar-refractivity contribution in [2.45, 2.75) is 26.1 Å². The Hall–Kier alpha value is -1.85. The molecule has 2 heterocycles. The Bertz CT molecular complexity index is 581. The summed E-state index contributed by atoms with van der Waals surface area (Å²) in [7, 11) is 0. The number of fused-ring (bicyclic) bond motifs is 1. The highest BCUT2D eigenvalue weighted by atomic mass is 16.5. The molecule has 1 aromatic heterocycles. The summed E-state index contributed by atoms with van der Waals surface area (Å²) in [6, 6.07) is 7.98. The van der Waals surface area contributed by atoms with Crippen LogP contribution in [0.4, 0.5) is 0 Å². The molecule has 21 heavy (non-hydrogen) atoms. The Balaban J connectivity index is 1.43. The molecule has 0 spiro atoms. The normalized spacial score (nSPS) is 14.9. The van der Waals surface area contributed by atoms with Gasteiger partial charge in [-0.3, -0.25) is 4.90 Å². The predicted molar refractivity (Wildman–Crippen MR) is 81.9 cm³/mol. The minimum Gasteiger partial charge on any atom is -0.493 e. The van der Waals surface area contributed by atoms with Crippen molar-refractivity contribution in [3.05, 3.63) is 48.0 Å². The monoisotopic (exact) mass is 286 g/mol. The largest absolute Gasteiger partial charge is 0.493 e. The Labute approximate surface area is 125 Å². The van der Waals surface area contributed by atoms with Gasteiger partial charge in [-0.05, 0) is 12.5 Å². The first kappa shape index (κ1) is 14.1. The van der Waals surface area contributed by atoms with E-state index in [0.717, 1.165) is 56.3 Å². The van der Waals surface area contributed by atoms with Gasteiger partial charge >= 0.3 is 0 Å². The lowest BCUT2D eigenvalue weighted by molar-refractivity contribution is 0.195. The van der Waals surface area contributed by atoms with Crippen molar-refractivity contribution in [2.75, 3.05) is 19.7 Å². The second kappa shape index (κ2) is 6.74. The minimum absolute atomic E-state index is 0.519. The Morgan fingerprint density at radius 2 is 2.14 bits per heavy atom. The van der Waals surface area contributed by atoms with Gasteiger partial charge in [0.05, 0.1) is 13.2 Å². The van der Waals surface area contributed by atoms with Crippen LogP contribution in [-0.2, 0) is 19.6 Å². The SMILES string of the molecule is NCc1ccccc1OCCCN1CCn2ccnc2C1. The molecule has 5 nitrogen and oxygen atoms in total. The molecule has 0 fully saturated rings. The molecule has 0 bridgehead atoms. The van der Waals surface area contributed by atoms with E-state index in [-0.39, 0.29) is 0 Å². The number of aromatic nitrogens is 2.